The lowest BCUT2D eigenvalue weighted by atomic mass is 9.73. The Hall–Kier alpha value is -2.62. The van der Waals surface area contributed by atoms with Gasteiger partial charge in [0.15, 0.2) is 5.78 Å². The van der Waals surface area contributed by atoms with Gasteiger partial charge in [0.1, 0.15) is 15.3 Å². The number of hydrogen-bond donors (Lipinski definition) is 1. The van der Waals surface area contributed by atoms with E-state index in [0.717, 1.165) is 34.1 Å². The van der Waals surface area contributed by atoms with Gasteiger partial charge in [0.2, 0.25) is 0 Å². The molecule has 0 saturated carbocycles. The van der Waals surface area contributed by atoms with Gasteiger partial charge in [0.25, 0.3) is 0 Å². The van der Waals surface area contributed by atoms with Crippen molar-refractivity contribution in [3.63, 3.8) is 0 Å². The number of alkyl halides is 3. The predicted octanol–water partition coefficient (Wildman–Crippen LogP) is 4.10. The van der Waals surface area contributed by atoms with Crippen LogP contribution < -0.4 is 0 Å². The molecule has 0 spiro atoms. The molecule has 3 aromatic rings. The minimum atomic E-state index is -4.47. The highest BCUT2D eigenvalue weighted by Crippen LogP contribution is 2.38. The van der Waals surface area contributed by atoms with Crippen molar-refractivity contribution in [1.82, 2.24) is 9.97 Å². The van der Waals surface area contributed by atoms with Crippen molar-refractivity contribution < 1.29 is 27.8 Å². The number of hydrogen-bond acceptors (Lipinski definition) is 6. The average Bonchev–Trinajstić information content (AvgIpc) is 3.16. The number of carbonyl (C=O) groups is 1. The van der Waals surface area contributed by atoms with Crippen LogP contribution in [0.3, 0.4) is 0 Å². The van der Waals surface area contributed by atoms with Crippen molar-refractivity contribution in [1.29, 1.82) is 0 Å². The third-order valence-electron chi connectivity index (χ3n) is 5.42. The van der Waals surface area contributed by atoms with Crippen molar-refractivity contribution in [3.05, 3.63) is 69.4 Å². The van der Waals surface area contributed by atoms with Gasteiger partial charge in [-0.15, -0.1) is 11.3 Å². The third-order valence-corrected chi connectivity index (χ3v) is 6.46. The van der Waals surface area contributed by atoms with E-state index in [2.05, 4.69) is 9.97 Å². The van der Waals surface area contributed by atoms with Crippen molar-refractivity contribution in [3.8, 4) is 11.1 Å². The van der Waals surface area contributed by atoms with Gasteiger partial charge >= 0.3 is 6.18 Å². The largest absolute Gasteiger partial charge is 0.427 e. The molecule has 0 bridgehead atoms. The van der Waals surface area contributed by atoms with E-state index in [1.807, 2.05) is 37.3 Å². The van der Waals surface area contributed by atoms with Crippen LogP contribution in [0.25, 0.3) is 11.1 Å². The van der Waals surface area contributed by atoms with Crippen LogP contribution in [0.15, 0.2) is 42.7 Å². The Labute approximate surface area is 180 Å². The second-order valence-electron chi connectivity index (χ2n) is 7.51. The highest BCUT2D eigenvalue weighted by atomic mass is 32.1. The van der Waals surface area contributed by atoms with E-state index in [9.17, 15) is 23.1 Å². The van der Waals surface area contributed by atoms with Gasteiger partial charge in [-0.2, -0.15) is 13.2 Å². The molecule has 1 fully saturated rings. The lowest BCUT2D eigenvalue weighted by molar-refractivity contribution is -0.142. The van der Waals surface area contributed by atoms with Crippen LogP contribution in [0.2, 0.25) is 0 Å². The number of ketones is 1. The summed E-state index contributed by atoms with van der Waals surface area (Å²) in [4.78, 5) is 20.3. The molecule has 1 aliphatic heterocycles. The lowest BCUT2D eigenvalue weighted by Crippen LogP contribution is -2.53. The maximum absolute atomic E-state index is 13.0. The van der Waals surface area contributed by atoms with E-state index < -0.39 is 16.5 Å². The number of carbonyl (C=O) groups excluding carboxylic acids is 1. The van der Waals surface area contributed by atoms with Crippen LogP contribution in [0.1, 0.15) is 26.7 Å². The summed E-state index contributed by atoms with van der Waals surface area (Å²) >= 11 is 0.491. The van der Waals surface area contributed by atoms with Crippen LogP contribution in [-0.4, -0.2) is 34.1 Å². The van der Waals surface area contributed by atoms with Gasteiger partial charge in [-0.1, -0.05) is 24.3 Å². The van der Waals surface area contributed by atoms with Crippen LogP contribution in [-0.2, 0) is 34.2 Å². The number of rotatable bonds is 6. The Bertz CT molecular complexity index is 1110. The quantitative estimate of drug-likeness (QED) is 0.615. The molecule has 31 heavy (non-hydrogen) atoms. The fourth-order valence-corrected chi connectivity index (χ4v) is 4.38. The van der Waals surface area contributed by atoms with Crippen LogP contribution in [0.4, 0.5) is 13.2 Å². The first-order valence-corrected chi connectivity index (χ1v) is 10.3. The number of benzene rings is 1. The summed E-state index contributed by atoms with van der Waals surface area (Å²) in [7, 11) is 0. The predicted molar refractivity (Wildman–Crippen MR) is 109 cm³/mol. The highest BCUT2D eigenvalue weighted by Gasteiger charge is 2.47. The molecule has 162 valence electrons. The molecule has 5 nitrogen and oxygen atoms in total. The number of aromatic nitrogens is 2. The smallest absolute Gasteiger partial charge is 0.392 e. The number of aryl methyl sites for hydroxylation is 1. The van der Waals surface area contributed by atoms with Crippen LogP contribution in [0.5, 0.6) is 0 Å². The molecule has 2 aromatic heterocycles. The monoisotopic (exact) mass is 448 g/mol. The van der Waals surface area contributed by atoms with Gasteiger partial charge in [-0.25, -0.2) is 4.98 Å². The van der Waals surface area contributed by atoms with Gasteiger partial charge in [0.05, 0.1) is 32.4 Å². The topological polar surface area (TPSA) is 72.3 Å². The molecule has 0 unspecified atom stereocenters. The molecule has 0 atom stereocenters. The van der Waals surface area contributed by atoms with Gasteiger partial charge in [-0.05, 0) is 29.7 Å². The number of ether oxygens (including phenoxy) is 1. The average molecular weight is 448 g/mol. The zero-order valence-electron chi connectivity index (χ0n) is 16.6. The first-order chi connectivity index (χ1) is 14.7. The Morgan fingerprint density at radius 3 is 2.45 bits per heavy atom. The maximum atomic E-state index is 13.0. The van der Waals surface area contributed by atoms with Crippen molar-refractivity contribution >= 4 is 17.1 Å². The molecule has 0 radical (unpaired) electrons. The van der Waals surface area contributed by atoms with E-state index in [1.165, 1.54) is 0 Å². The zero-order valence-corrected chi connectivity index (χ0v) is 17.4. The molecule has 1 saturated heterocycles. The SMILES string of the molecule is Cc1cc(CO)c(-c2ccc(C3(C(=O)Cc4ncc(C(F)(F)F)s4)COC3)cc2)cn1. The number of nitrogens with zero attached hydrogens (tertiary/aromatic N) is 2. The van der Waals surface area contributed by atoms with Crippen LogP contribution >= 0.6 is 11.3 Å². The summed E-state index contributed by atoms with van der Waals surface area (Å²) in [5.74, 6) is -0.220. The van der Waals surface area contributed by atoms with Gasteiger partial charge in [-0.3, -0.25) is 9.78 Å². The molecule has 9 heteroatoms. The molecule has 1 aliphatic rings. The van der Waals surface area contributed by atoms with Gasteiger partial charge < -0.3 is 9.84 Å². The molecule has 0 amide bonds. The Morgan fingerprint density at radius 2 is 1.90 bits per heavy atom. The Kier molecular flexibility index (Phi) is 5.67. The standard InChI is InChI=1S/C22H19F3N2O3S/c1-13-6-15(10-28)17(8-26-13)14-2-4-16(5-3-14)21(11-30-12-21)18(29)7-20-27-9-19(31-20)22(23,24)25/h2-6,8-9,28H,7,10-12H2,1H3. The van der Waals surface area contributed by atoms with E-state index >= 15 is 0 Å². The summed E-state index contributed by atoms with van der Waals surface area (Å²) in [6, 6.07) is 9.15. The number of Topliss-reactive ketones (excluding diaryl/α,β-unsaturated/α-hetero) is 1. The number of aliphatic hydroxyl groups excluding tert-OH is 1. The first-order valence-electron chi connectivity index (χ1n) is 9.53. The van der Waals surface area contributed by atoms with Crippen molar-refractivity contribution in [2.75, 3.05) is 13.2 Å². The lowest BCUT2D eigenvalue weighted by Gasteiger charge is -2.40. The van der Waals surface area contributed by atoms with E-state index in [0.29, 0.717) is 11.3 Å². The second-order valence-corrected chi connectivity index (χ2v) is 8.62. The number of halogens is 3. The zero-order chi connectivity index (χ0) is 22.2. The summed E-state index contributed by atoms with van der Waals surface area (Å²) < 4.78 is 43.8. The number of pyridine rings is 1. The molecular formula is C22H19F3N2O3S. The molecule has 1 aromatic carbocycles. The van der Waals surface area contributed by atoms with Crippen LogP contribution in [0, 0.1) is 6.92 Å². The van der Waals surface area contributed by atoms with Crippen molar-refractivity contribution in [2.24, 2.45) is 0 Å². The van der Waals surface area contributed by atoms with E-state index in [-0.39, 0.29) is 37.0 Å². The fraction of sp³-hybridized carbons (Fsp3) is 0.318. The molecule has 3 heterocycles. The Balaban J connectivity index is 1.57. The molecular weight excluding hydrogens is 429 g/mol. The fourth-order valence-electron chi connectivity index (χ4n) is 3.60. The van der Waals surface area contributed by atoms with Gasteiger partial charge in [0, 0.05) is 17.5 Å². The minimum Gasteiger partial charge on any atom is -0.392 e. The molecule has 1 N–H and O–H groups in total. The molecule has 0 aliphatic carbocycles. The summed E-state index contributed by atoms with van der Waals surface area (Å²) in [5.41, 5.74) is 3.04. The van der Waals surface area contributed by atoms with E-state index in [4.69, 9.17) is 4.74 Å². The highest BCUT2D eigenvalue weighted by molar-refractivity contribution is 7.11. The number of thiazole rings is 1. The van der Waals surface area contributed by atoms with Crippen molar-refractivity contribution in [2.45, 2.75) is 31.5 Å². The third kappa shape index (κ3) is 4.13. The summed E-state index contributed by atoms with van der Waals surface area (Å²) in [6.45, 7) is 2.08. The second kappa shape index (κ2) is 8.14. The normalized spacial score (nSPS) is 15.5. The molecule has 4 rings (SSSR count). The summed E-state index contributed by atoms with van der Waals surface area (Å²) in [5, 5.41) is 9.77. The first kappa shape index (κ1) is 21.6. The summed E-state index contributed by atoms with van der Waals surface area (Å²) in [6.07, 6.45) is -2.18. The van der Waals surface area contributed by atoms with E-state index in [1.54, 1.807) is 6.20 Å². The maximum Gasteiger partial charge on any atom is 0.427 e. The minimum absolute atomic E-state index is 0.121. The Morgan fingerprint density at radius 1 is 1.19 bits per heavy atom. The number of aliphatic hydroxyl groups is 1.